The van der Waals surface area contributed by atoms with Crippen LogP contribution in [-0.2, 0) is 11.2 Å². The van der Waals surface area contributed by atoms with Crippen molar-refractivity contribution in [3.05, 3.63) is 89.5 Å². The highest BCUT2D eigenvalue weighted by atomic mass is 16.5. The van der Waals surface area contributed by atoms with Crippen LogP contribution in [0.1, 0.15) is 67.6 Å². The summed E-state index contributed by atoms with van der Waals surface area (Å²) < 4.78 is 11.3. The molecule has 0 heterocycles. The minimum Gasteiger partial charge on any atom is -0.423 e. The van der Waals surface area contributed by atoms with Gasteiger partial charge in [-0.3, -0.25) is 0 Å². The van der Waals surface area contributed by atoms with Crippen molar-refractivity contribution in [2.45, 2.75) is 52.6 Å². The quantitative estimate of drug-likeness (QED) is 0.255. The fourth-order valence-corrected chi connectivity index (χ4v) is 3.41. The van der Waals surface area contributed by atoms with Crippen LogP contribution in [0.3, 0.4) is 0 Å². The maximum Gasteiger partial charge on any atom is 0.343 e. The van der Waals surface area contributed by atoms with Crippen LogP contribution in [0.25, 0.3) is 11.1 Å². The van der Waals surface area contributed by atoms with Gasteiger partial charge in [-0.2, -0.15) is 0 Å². The van der Waals surface area contributed by atoms with E-state index in [-0.39, 0.29) is 12.1 Å². The SMILES string of the molecule is CCCCc1ccc(OC(=O)c2ccc(-c3ccc(C(C)OCCC)cc3)cc2)cc1. The first kappa shape index (κ1) is 22.8. The normalized spacial score (nSPS) is 11.8. The minimum atomic E-state index is -0.342. The third-order valence-electron chi connectivity index (χ3n) is 5.36. The fourth-order valence-electron chi connectivity index (χ4n) is 3.41. The Bertz CT molecular complexity index is 941. The Morgan fingerprint density at radius 1 is 0.806 bits per heavy atom. The molecule has 0 aliphatic carbocycles. The maximum absolute atomic E-state index is 12.5. The van der Waals surface area contributed by atoms with Gasteiger partial charge < -0.3 is 9.47 Å². The van der Waals surface area contributed by atoms with Gasteiger partial charge in [-0.15, -0.1) is 0 Å². The van der Waals surface area contributed by atoms with E-state index < -0.39 is 0 Å². The monoisotopic (exact) mass is 416 g/mol. The first-order chi connectivity index (χ1) is 15.1. The van der Waals surface area contributed by atoms with E-state index in [4.69, 9.17) is 9.47 Å². The van der Waals surface area contributed by atoms with Crippen molar-refractivity contribution < 1.29 is 14.3 Å². The first-order valence-electron chi connectivity index (χ1n) is 11.2. The molecule has 0 N–H and O–H groups in total. The number of aryl methyl sites for hydroxylation is 1. The summed E-state index contributed by atoms with van der Waals surface area (Å²) in [6, 6.07) is 23.7. The molecule has 1 atom stereocenters. The van der Waals surface area contributed by atoms with Crippen molar-refractivity contribution in [3.8, 4) is 16.9 Å². The Morgan fingerprint density at radius 3 is 2.00 bits per heavy atom. The van der Waals surface area contributed by atoms with Crippen molar-refractivity contribution in [2.75, 3.05) is 6.61 Å². The van der Waals surface area contributed by atoms with E-state index in [1.54, 1.807) is 0 Å². The van der Waals surface area contributed by atoms with Gasteiger partial charge in [0.05, 0.1) is 11.7 Å². The molecule has 0 bridgehead atoms. The van der Waals surface area contributed by atoms with Crippen molar-refractivity contribution in [2.24, 2.45) is 0 Å². The molecule has 0 aliphatic heterocycles. The molecule has 3 aromatic carbocycles. The largest absolute Gasteiger partial charge is 0.423 e. The van der Waals surface area contributed by atoms with Crippen molar-refractivity contribution in [1.82, 2.24) is 0 Å². The molecule has 0 saturated heterocycles. The van der Waals surface area contributed by atoms with Gasteiger partial charge in [0.1, 0.15) is 5.75 Å². The zero-order valence-corrected chi connectivity index (χ0v) is 18.8. The molecule has 162 valence electrons. The third kappa shape index (κ3) is 6.53. The number of benzene rings is 3. The summed E-state index contributed by atoms with van der Waals surface area (Å²) in [6.45, 7) is 7.13. The van der Waals surface area contributed by atoms with Crippen LogP contribution in [0, 0.1) is 0 Å². The summed E-state index contributed by atoms with van der Waals surface area (Å²) in [6.07, 6.45) is 4.50. The molecule has 0 saturated carbocycles. The molecule has 0 spiro atoms. The number of carbonyl (C=O) groups excluding carboxylic acids is 1. The molecule has 0 aromatic heterocycles. The lowest BCUT2D eigenvalue weighted by atomic mass is 10.0. The van der Waals surface area contributed by atoms with Crippen molar-refractivity contribution >= 4 is 5.97 Å². The lowest BCUT2D eigenvalue weighted by Gasteiger charge is -2.13. The Labute approximate surface area is 186 Å². The van der Waals surface area contributed by atoms with E-state index in [1.165, 1.54) is 18.4 Å². The highest BCUT2D eigenvalue weighted by molar-refractivity contribution is 5.91. The van der Waals surface area contributed by atoms with E-state index >= 15 is 0 Å². The number of rotatable bonds is 10. The van der Waals surface area contributed by atoms with Crippen LogP contribution in [0.15, 0.2) is 72.8 Å². The zero-order valence-electron chi connectivity index (χ0n) is 18.8. The molecule has 3 nitrogen and oxygen atoms in total. The van der Waals surface area contributed by atoms with Crippen LogP contribution in [0.5, 0.6) is 5.75 Å². The molecule has 0 fully saturated rings. The van der Waals surface area contributed by atoms with Gasteiger partial charge in [0, 0.05) is 6.61 Å². The highest BCUT2D eigenvalue weighted by Crippen LogP contribution is 2.24. The summed E-state index contributed by atoms with van der Waals surface area (Å²) in [5.41, 5.74) is 5.14. The molecule has 0 aliphatic rings. The number of ether oxygens (including phenoxy) is 2. The Balaban J connectivity index is 1.61. The molecular formula is C28H32O3. The van der Waals surface area contributed by atoms with Gasteiger partial charge in [-0.05, 0) is 72.7 Å². The fraction of sp³-hybridized carbons (Fsp3) is 0.321. The third-order valence-corrected chi connectivity index (χ3v) is 5.36. The Kier molecular flexibility index (Phi) is 8.43. The van der Waals surface area contributed by atoms with E-state index in [0.717, 1.165) is 36.1 Å². The van der Waals surface area contributed by atoms with Gasteiger partial charge in [0.2, 0.25) is 0 Å². The van der Waals surface area contributed by atoms with Crippen LogP contribution < -0.4 is 4.74 Å². The zero-order chi connectivity index (χ0) is 22.1. The van der Waals surface area contributed by atoms with Crippen LogP contribution in [-0.4, -0.2) is 12.6 Å². The van der Waals surface area contributed by atoms with Crippen LogP contribution >= 0.6 is 0 Å². The second-order valence-corrected chi connectivity index (χ2v) is 7.85. The lowest BCUT2D eigenvalue weighted by molar-refractivity contribution is 0.0662. The number of hydrogen-bond acceptors (Lipinski definition) is 3. The Hall–Kier alpha value is -2.91. The van der Waals surface area contributed by atoms with Gasteiger partial charge in [-0.1, -0.05) is 68.8 Å². The average Bonchev–Trinajstić information content (AvgIpc) is 2.82. The maximum atomic E-state index is 12.5. The number of hydrogen-bond donors (Lipinski definition) is 0. The summed E-state index contributed by atoms with van der Waals surface area (Å²) >= 11 is 0. The highest BCUT2D eigenvalue weighted by Gasteiger charge is 2.10. The Morgan fingerprint density at radius 2 is 1.42 bits per heavy atom. The smallest absolute Gasteiger partial charge is 0.343 e. The minimum absolute atomic E-state index is 0.0897. The lowest BCUT2D eigenvalue weighted by Crippen LogP contribution is -2.08. The van der Waals surface area contributed by atoms with Gasteiger partial charge in [0.15, 0.2) is 0 Å². The summed E-state index contributed by atoms with van der Waals surface area (Å²) in [5, 5.41) is 0. The van der Waals surface area contributed by atoms with Gasteiger partial charge in [0.25, 0.3) is 0 Å². The van der Waals surface area contributed by atoms with E-state index in [0.29, 0.717) is 11.3 Å². The molecule has 0 amide bonds. The molecule has 3 aromatic rings. The molecular weight excluding hydrogens is 384 g/mol. The molecule has 31 heavy (non-hydrogen) atoms. The molecule has 3 rings (SSSR count). The standard InChI is InChI=1S/C28H32O3/c1-4-6-7-22-8-18-27(19-9-22)31-28(29)26-16-14-25(15-17-26)24-12-10-23(11-13-24)21(3)30-20-5-2/h8-19,21H,4-7,20H2,1-3H3. The average molecular weight is 417 g/mol. The molecule has 3 heteroatoms. The van der Waals surface area contributed by atoms with E-state index in [9.17, 15) is 4.79 Å². The summed E-state index contributed by atoms with van der Waals surface area (Å²) in [4.78, 5) is 12.5. The second kappa shape index (κ2) is 11.5. The topological polar surface area (TPSA) is 35.5 Å². The molecule has 0 radical (unpaired) electrons. The van der Waals surface area contributed by atoms with E-state index in [1.807, 2.05) is 48.5 Å². The predicted molar refractivity (Wildman–Crippen MR) is 127 cm³/mol. The number of carbonyl (C=O) groups is 1. The van der Waals surface area contributed by atoms with Crippen LogP contribution in [0.2, 0.25) is 0 Å². The summed E-state index contributed by atoms with van der Waals surface area (Å²) in [7, 11) is 0. The van der Waals surface area contributed by atoms with Crippen molar-refractivity contribution in [1.29, 1.82) is 0 Å². The second-order valence-electron chi connectivity index (χ2n) is 7.85. The predicted octanol–water partition coefficient (Wildman–Crippen LogP) is 7.40. The molecule has 1 unspecified atom stereocenters. The van der Waals surface area contributed by atoms with Crippen LogP contribution in [0.4, 0.5) is 0 Å². The summed E-state index contributed by atoms with van der Waals surface area (Å²) in [5.74, 6) is 0.231. The van der Waals surface area contributed by atoms with Crippen molar-refractivity contribution in [3.63, 3.8) is 0 Å². The number of esters is 1. The van der Waals surface area contributed by atoms with E-state index in [2.05, 4.69) is 45.0 Å². The van der Waals surface area contributed by atoms with Gasteiger partial charge in [-0.25, -0.2) is 4.79 Å². The number of unbranched alkanes of at least 4 members (excludes halogenated alkanes) is 1. The first-order valence-corrected chi connectivity index (χ1v) is 11.2. The van der Waals surface area contributed by atoms with Gasteiger partial charge >= 0.3 is 5.97 Å².